The Morgan fingerprint density at radius 3 is 2.88 bits per heavy atom. The molecule has 1 aromatic heterocycles. The summed E-state index contributed by atoms with van der Waals surface area (Å²) in [5.41, 5.74) is 5.52. The molecule has 16 heavy (non-hydrogen) atoms. The first kappa shape index (κ1) is 11.4. The standard InChI is InChI=1S/C11H14BrN3O/c12-8-3-9(6-15-5-8)16-7-11(1-2-11)4-10(13)14/h3,5-6H,1-2,4,7H2,(H3,13,14). The molecule has 1 aromatic rings. The van der Waals surface area contributed by atoms with Gasteiger partial charge in [-0.1, -0.05) is 0 Å². The monoisotopic (exact) mass is 283 g/mol. The van der Waals surface area contributed by atoms with Crippen LogP contribution in [0.4, 0.5) is 0 Å². The first-order valence-corrected chi connectivity index (χ1v) is 5.95. The minimum atomic E-state index is 0.105. The van der Waals surface area contributed by atoms with Crippen LogP contribution in [0.3, 0.4) is 0 Å². The molecule has 5 heteroatoms. The number of pyridine rings is 1. The zero-order valence-corrected chi connectivity index (χ0v) is 10.5. The molecule has 0 spiro atoms. The van der Waals surface area contributed by atoms with Gasteiger partial charge in [-0.15, -0.1) is 0 Å². The average molecular weight is 284 g/mol. The lowest BCUT2D eigenvalue weighted by Crippen LogP contribution is -2.21. The predicted octanol–water partition coefficient (Wildman–Crippen LogP) is 2.33. The van der Waals surface area contributed by atoms with E-state index < -0.39 is 0 Å². The van der Waals surface area contributed by atoms with E-state index in [9.17, 15) is 0 Å². The molecule has 0 radical (unpaired) electrons. The summed E-state index contributed by atoms with van der Waals surface area (Å²) in [6.45, 7) is 0.616. The van der Waals surface area contributed by atoms with Crippen molar-refractivity contribution >= 4 is 21.8 Å². The van der Waals surface area contributed by atoms with Gasteiger partial charge in [0.25, 0.3) is 0 Å². The van der Waals surface area contributed by atoms with Gasteiger partial charge < -0.3 is 10.5 Å². The van der Waals surface area contributed by atoms with Crippen molar-refractivity contribution in [3.8, 4) is 5.75 Å². The van der Waals surface area contributed by atoms with Gasteiger partial charge in [-0.25, -0.2) is 0 Å². The summed E-state index contributed by atoms with van der Waals surface area (Å²) in [4.78, 5) is 4.03. The fourth-order valence-electron chi connectivity index (χ4n) is 1.66. The fraction of sp³-hybridized carbons (Fsp3) is 0.455. The van der Waals surface area contributed by atoms with Gasteiger partial charge in [0.2, 0.25) is 0 Å². The van der Waals surface area contributed by atoms with Crippen LogP contribution < -0.4 is 10.5 Å². The highest BCUT2D eigenvalue weighted by Crippen LogP contribution is 2.48. The summed E-state index contributed by atoms with van der Waals surface area (Å²) < 4.78 is 6.57. The zero-order chi connectivity index (χ0) is 11.6. The molecule has 86 valence electrons. The number of nitrogens with one attached hydrogen (secondary N) is 1. The minimum Gasteiger partial charge on any atom is -0.491 e. The molecule has 1 aliphatic carbocycles. The van der Waals surface area contributed by atoms with Crippen LogP contribution in [-0.2, 0) is 0 Å². The Labute approximate surface area is 103 Å². The van der Waals surface area contributed by atoms with E-state index in [0.717, 1.165) is 23.1 Å². The molecular formula is C11H14BrN3O. The number of hydrogen-bond acceptors (Lipinski definition) is 3. The molecule has 3 N–H and O–H groups in total. The van der Waals surface area contributed by atoms with Crippen LogP contribution >= 0.6 is 15.9 Å². The normalized spacial score (nSPS) is 16.8. The zero-order valence-electron chi connectivity index (χ0n) is 8.87. The quantitative estimate of drug-likeness (QED) is 0.644. The van der Waals surface area contributed by atoms with Crippen molar-refractivity contribution < 1.29 is 4.74 Å². The molecule has 1 aliphatic rings. The Morgan fingerprint density at radius 1 is 1.56 bits per heavy atom. The smallest absolute Gasteiger partial charge is 0.138 e. The van der Waals surface area contributed by atoms with Crippen molar-refractivity contribution in [2.24, 2.45) is 11.1 Å². The Bertz CT molecular complexity index is 404. The highest BCUT2D eigenvalue weighted by Gasteiger charge is 2.43. The topological polar surface area (TPSA) is 72.0 Å². The van der Waals surface area contributed by atoms with Crippen LogP contribution in [0.15, 0.2) is 22.9 Å². The summed E-state index contributed by atoms with van der Waals surface area (Å²) in [5.74, 6) is 0.998. The molecule has 0 atom stereocenters. The van der Waals surface area contributed by atoms with E-state index in [4.69, 9.17) is 15.9 Å². The maximum Gasteiger partial charge on any atom is 0.138 e. The molecule has 0 aromatic carbocycles. The van der Waals surface area contributed by atoms with Gasteiger partial charge in [0.05, 0.1) is 18.6 Å². The Balaban J connectivity index is 1.90. The molecule has 1 heterocycles. The second-order valence-electron chi connectivity index (χ2n) is 4.33. The number of nitrogens with two attached hydrogens (primary N) is 1. The van der Waals surface area contributed by atoms with Crippen molar-refractivity contribution in [2.75, 3.05) is 6.61 Å². The van der Waals surface area contributed by atoms with Crippen LogP contribution in [0, 0.1) is 10.8 Å². The van der Waals surface area contributed by atoms with Crippen molar-refractivity contribution in [3.63, 3.8) is 0 Å². The summed E-state index contributed by atoms with van der Waals surface area (Å²) in [6, 6.07) is 1.89. The Morgan fingerprint density at radius 2 is 2.31 bits per heavy atom. The van der Waals surface area contributed by atoms with Gasteiger partial charge in [-0.05, 0) is 34.8 Å². The summed E-state index contributed by atoms with van der Waals surface area (Å²) in [6.07, 6.45) is 6.22. The number of nitrogens with zero attached hydrogens (tertiary/aromatic N) is 1. The maximum absolute atomic E-state index is 7.31. The van der Waals surface area contributed by atoms with Crippen LogP contribution in [0.1, 0.15) is 19.3 Å². The summed E-state index contributed by atoms with van der Waals surface area (Å²) in [7, 11) is 0. The number of aromatic nitrogens is 1. The Hall–Kier alpha value is -1.10. The van der Waals surface area contributed by atoms with E-state index in [1.807, 2.05) is 6.07 Å². The number of hydrogen-bond donors (Lipinski definition) is 2. The minimum absolute atomic E-state index is 0.105. The first-order valence-electron chi connectivity index (χ1n) is 5.16. The van der Waals surface area contributed by atoms with Crippen molar-refractivity contribution in [1.29, 1.82) is 5.41 Å². The van der Waals surface area contributed by atoms with Gasteiger partial charge in [0.1, 0.15) is 5.75 Å². The number of halogens is 1. The van der Waals surface area contributed by atoms with Crippen LogP contribution in [0.2, 0.25) is 0 Å². The third-order valence-corrected chi connectivity index (χ3v) is 3.18. The van der Waals surface area contributed by atoms with Gasteiger partial charge in [0, 0.05) is 22.5 Å². The van der Waals surface area contributed by atoms with Crippen molar-refractivity contribution in [3.05, 3.63) is 22.9 Å². The lowest BCUT2D eigenvalue weighted by Gasteiger charge is -2.15. The second-order valence-corrected chi connectivity index (χ2v) is 5.25. The molecule has 0 aliphatic heterocycles. The van der Waals surface area contributed by atoms with Gasteiger partial charge >= 0.3 is 0 Å². The Kier molecular flexibility index (Phi) is 3.14. The lowest BCUT2D eigenvalue weighted by molar-refractivity contribution is 0.237. The summed E-state index contributed by atoms with van der Waals surface area (Å²) in [5, 5.41) is 7.31. The van der Waals surface area contributed by atoms with Gasteiger partial charge in [-0.3, -0.25) is 10.4 Å². The number of ether oxygens (including phenoxy) is 1. The highest BCUT2D eigenvalue weighted by atomic mass is 79.9. The highest BCUT2D eigenvalue weighted by molar-refractivity contribution is 9.10. The van der Waals surface area contributed by atoms with Crippen molar-refractivity contribution in [1.82, 2.24) is 4.98 Å². The molecule has 0 bridgehead atoms. The number of amidine groups is 1. The van der Waals surface area contributed by atoms with Gasteiger partial charge in [-0.2, -0.15) is 0 Å². The maximum atomic E-state index is 7.31. The first-order chi connectivity index (χ1) is 7.60. The van der Waals surface area contributed by atoms with Crippen LogP contribution in [-0.4, -0.2) is 17.4 Å². The summed E-state index contributed by atoms with van der Waals surface area (Å²) >= 11 is 3.34. The molecule has 0 saturated heterocycles. The van der Waals surface area contributed by atoms with E-state index in [1.165, 1.54) is 0 Å². The van der Waals surface area contributed by atoms with E-state index in [0.29, 0.717) is 13.0 Å². The molecule has 1 fully saturated rings. The third-order valence-electron chi connectivity index (χ3n) is 2.75. The molecule has 0 unspecified atom stereocenters. The molecule has 4 nitrogen and oxygen atoms in total. The third kappa shape index (κ3) is 2.95. The van der Waals surface area contributed by atoms with Gasteiger partial charge in [0.15, 0.2) is 0 Å². The average Bonchev–Trinajstić information content (AvgIpc) is 2.95. The predicted molar refractivity (Wildman–Crippen MR) is 65.6 cm³/mol. The van der Waals surface area contributed by atoms with Crippen molar-refractivity contribution in [2.45, 2.75) is 19.3 Å². The molecular weight excluding hydrogens is 270 g/mol. The molecule has 0 amide bonds. The lowest BCUT2D eigenvalue weighted by atomic mass is 10.0. The van der Waals surface area contributed by atoms with Crippen LogP contribution in [0.25, 0.3) is 0 Å². The van der Waals surface area contributed by atoms with E-state index in [2.05, 4.69) is 20.9 Å². The van der Waals surface area contributed by atoms with E-state index in [1.54, 1.807) is 12.4 Å². The fourth-order valence-corrected chi connectivity index (χ4v) is 2.00. The van der Waals surface area contributed by atoms with Crippen LogP contribution in [0.5, 0.6) is 5.75 Å². The SMILES string of the molecule is N=C(N)CC1(COc2cncc(Br)c2)CC1. The molecule has 1 saturated carbocycles. The number of rotatable bonds is 5. The van der Waals surface area contributed by atoms with E-state index >= 15 is 0 Å². The molecule has 2 rings (SSSR count). The largest absolute Gasteiger partial charge is 0.491 e. The van der Waals surface area contributed by atoms with E-state index in [-0.39, 0.29) is 11.3 Å². The second kappa shape index (κ2) is 4.41.